The Bertz CT molecular complexity index is 213. The average Bonchev–Trinajstić information content (AvgIpc) is 2.13. The average molecular weight is 168 g/mol. The molecular formula is C9H16N2O. The van der Waals surface area contributed by atoms with Crippen LogP contribution >= 0.6 is 0 Å². The third-order valence-corrected chi connectivity index (χ3v) is 1.20. The van der Waals surface area contributed by atoms with Gasteiger partial charge in [0.05, 0.1) is 6.20 Å². The molecule has 0 aromatic carbocycles. The minimum atomic E-state index is 0.769. The number of hydrogen-bond donors (Lipinski definition) is 1. The van der Waals surface area contributed by atoms with E-state index in [0.717, 1.165) is 11.3 Å². The molecule has 1 rings (SSSR count). The number of aromatic nitrogens is 1. The molecule has 1 aromatic heterocycles. The second kappa shape index (κ2) is 6.61. The highest BCUT2D eigenvalue weighted by atomic mass is 16.6. The zero-order valence-corrected chi connectivity index (χ0v) is 8.09. The Balaban J connectivity index is 0.000000561. The van der Waals surface area contributed by atoms with Gasteiger partial charge in [-0.25, -0.2) is 0 Å². The summed E-state index contributed by atoms with van der Waals surface area (Å²) in [5, 5.41) is 0. The van der Waals surface area contributed by atoms with Gasteiger partial charge in [0.15, 0.2) is 5.75 Å². The normalized spacial score (nSPS) is 8.33. The highest BCUT2D eigenvalue weighted by molar-refractivity contribution is 5.27. The lowest BCUT2D eigenvalue weighted by molar-refractivity contribution is 0.221. The van der Waals surface area contributed by atoms with Gasteiger partial charge in [0.1, 0.15) is 0 Å². The van der Waals surface area contributed by atoms with Gasteiger partial charge < -0.3 is 4.84 Å². The molecule has 0 fully saturated rings. The topological polar surface area (TPSA) is 34.1 Å². The number of aryl methyl sites for hydroxylation is 1. The molecule has 0 aliphatic carbocycles. The quantitative estimate of drug-likeness (QED) is 0.685. The Morgan fingerprint density at radius 1 is 1.42 bits per heavy atom. The Morgan fingerprint density at radius 3 is 2.58 bits per heavy atom. The Hall–Kier alpha value is -1.09. The van der Waals surface area contributed by atoms with Gasteiger partial charge in [-0.15, -0.1) is 0 Å². The van der Waals surface area contributed by atoms with Crippen LogP contribution in [0.3, 0.4) is 0 Å². The summed E-state index contributed by atoms with van der Waals surface area (Å²) in [7, 11) is 1.71. The molecule has 0 atom stereocenters. The van der Waals surface area contributed by atoms with E-state index in [2.05, 4.69) is 10.5 Å². The first kappa shape index (κ1) is 10.9. The van der Waals surface area contributed by atoms with Gasteiger partial charge in [-0.3, -0.25) is 4.98 Å². The number of hydrogen-bond acceptors (Lipinski definition) is 3. The maximum atomic E-state index is 5.02. The fourth-order valence-electron chi connectivity index (χ4n) is 0.666. The fraction of sp³-hybridized carbons (Fsp3) is 0.444. The summed E-state index contributed by atoms with van der Waals surface area (Å²) in [6, 6.07) is 1.90. The molecule has 1 heterocycles. The largest absolute Gasteiger partial charge is 0.407 e. The van der Waals surface area contributed by atoms with Crippen molar-refractivity contribution in [2.45, 2.75) is 20.8 Å². The van der Waals surface area contributed by atoms with Crippen LogP contribution in [0.5, 0.6) is 5.75 Å². The Kier molecular flexibility index (Phi) is 6.01. The van der Waals surface area contributed by atoms with E-state index in [9.17, 15) is 0 Å². The molecule has 0 spiro atoms. The highest BCUT2D eigenvalue weighted by Gasteiger charge is 1.94. The van der Waals surface area contributed by atoms with Crippen molar-refractivity contribution in [2.75, 3.05) is 7.05 Å². The van der Waals surface area contributed by atoms with E-state index in [4.69, 9.17) is 4.84 Å². The molecule has 3 heteroatoms. The van der Waals surface area contributed by atoms with Gasteiger partial charge in [0.2, 0.25) is 0 Å². The zero-order valence-electron chi connectivity index (χ0n) is 8.09. The lowest BCUT2D eigenvalue weighted by Crippen LogP contribution is -2.11. The van der Waals surface area contributed by atoms with Crippen molar-refractivity contribution in [2.24, 2.45) is 0 Å². The van der Waals surface area contributed by atoms with E-state index in [0.29, 0.717) is 0 Å². The summed E-state index contributed by atoms with van der Waals surface area (Å²) < 4.78 is 0. The van der Waals surface area contributed by atoms with Crippen molar-refractivity contribution in [3.05, 3.63) is 24.0 Å². The van der Waals surface area contributed by atoms with Crippen LogP contribution in [0.2, 0.25) is 0 Å². The van der Waals surface area contributed by atoms with Gasteiger partial charge in [0, 0.05) is 13.2 Å². The smallest absolute Gasteiger partial charge is 0.168 e. The monoisotopic (exact) mass is 168 g/mol. The second-order valence-corrected chi connectivity index (χ2v) is 1.95. The maximum Gasteiger partial charge on any atom is 0.168 e. The first-order chi connectivity index (χ1) is 5.84. The van der Waals surface area contributed by atoms with Crippen molar-refractivity contribution in [1.82, 2.24) is 10.5 Å². The highest BCUT2D eigenvalue weighted by Crippen LogP contribution is 2.12. The van der Waals surface area contributed by atoms with E-state index in [1.54, 1.807) is 19.4 Å². The summed E-state index contributed by atoms with van der Waals surface area (Å²) in [5.74, 6) is 0.769. The van der Waals surface area contributed by atoms with Crippen molar-refractivity contribution in [3.8, 4) is 5.75 Å². The second-order valence-electron chi connectivity index (χ2n) is 1.95. The minimum Gasteiger partial charge on any atom is -0.407 e. The molecule has 0 radical (unpaired) electrons. The molecule has 1 aromatic rings. The number of rotatable bonds is 2. The van der Waals surface area contributed by atoms with Crippen molar-refractivity contribution >= 4 is 0 Å². The summed E-state index contributed by atoms with van der Waals surface area (Å²) in [4.78, 5) is 8.92. The van der Waals surface area contributed by atoms with Gasteiger partial charge in [-0.2, -0.15) is 5.48 Å². The molecule has 12 heavy (non-hydrogen) atoms. The van der Waals surface area contributed by atoms with Crippen LogP contribution in [0, 0.1) is 6.92 Å². The molecule has 0 aliphatic rings. The fourth-order valence-corrected chi connectivity index (χ4v) is 0.666. The molecule has 0 saturated carbocycles. The lowest BCUT2D eigenvalue weighted by atomic mass is 10.3. The van der Waals surface area contributed by atoms with Crippen molar-refractivity contribution < 1.29 is 4.84 Å². The maximum absolute atomic E-state index is 5.02. The van der Waals surface area contributed by atoms with E-state index >= 15 is 0 Å². The summed E-state index contributed by atoms with van der Waals surface area (Å²) in [6.07, 6.45) is 3.41. The molecule has 0 aliphatic heterocycles. The van der Waals surface area contributed by atoms with Crippen LogP contribution < -0.4 is 10.3 Å². The Morgan fingerprint density at radius 2 is 2.08 bits per heavy atom. The molecule has 1 N–H and O–H groups in total. The van der Waals surface area contributed by atoms with Crippen molar-refractivity contribution in [3.63, 3.8) is 0 Å². The minimum absolute atomic E-state index is 0.769. The summed E-state index contributed by atoms with van der Waals surface area (Å²) in [6.45, 7) is 5.97. The lowest BCUT2D eigenvalue weighted by Gasteiger charge is -2.03. The predicted octanol–water partition coefficient (Wildman–Crippen LogP) is 1.93. The van der Waals surface area contributed by atoms with E-state index < -0.39 is 0 Å². The first-order valence-corrected chi connectivity index (χ1v) is 4.09. The van der Waals surface area contributed by atoms with Crippen LogP contribution in [-0.4, -0.2) is 12.0 Å². The van der Waals surface area contributed by atoms with Crippen LogP contribution in [0.15, 0.2) is 18.5 Å². The number of nitrogens with one attached hydrogen (secondary N) is 1. The summed E-state index contributed by atoms with van der Waals surface area (Å²) >= 11 is 0. The first-order valence-electron chi connectivity index (χ1n) is 4.09. The van der Waals surface area contributed by atoms with E-state index in [1.807, 2.05) is 26.8 Å². The Labute approximate surface area is 73.7 Å². The number of pyridine rings is 1. The molecule has 3 nitrogen and oxygen atoms in total. The van der Waals surface area contributed by atoms with E-state index in [1.165, 1.54) is 0 Å². The van der Waals surface area contributed by atoms with Crippen LogP contribution in [0.25, 0.3) is 0 Å². The van der Waals surface area contributed by atoms with Gasteiger partial charge in [-0.1, -0.05) is 13.8 Å². The standard InChI is InChI=1S/C7H10N2O.C2H6/c1-6-3-4-9-5-7(6)10-8-2;1-2/h3-5,8H,1-2H3;1-2H3. The van der Waals surface area contributed by atoms with Gasteiger partial charge in [0.25, 0.3) is 0 Å². The molecule has 0 unspecified atom stereocenters. The van der Waals surface area contributed by atoms with Gasteiger partial charge >= 0.3 is 0 Å². The van der Waals surface area contributed by atoms with Crippen LogP contribution in [0.1, 0.15) is 19.4 Å². The molecule has 0 bridgehead atoms. The molecule has 0 amide bonds. The molecule has 0 saturated heterocycles. The van der Waals surface area contributed by atoms with Crippen LogP contribution in [0.4, 0.5) is 0 Å². The van der Waals surface area contributed by atoms with Gasteiger partial charge in [-0.05, 0) is 18.6 Å². The number of hydroxylamine groups is 1. The third-order valence-electron chi connectivity index (χ3n) is 1.20. The zero-order chi connectivity index (χ0) is 9.40. The summed E-state index contributed by atoms with van der Waals surface area (Å²) in [5.41, 5.74) is 3.66. The predicted molar refractivity (Wildman–Crippen MR) is 50.0 cm³/mol. The SMILES string of the molecule is CC.CNOc1cnccc1C. The van der Waals surface area contributed by atoms with E-state index in [-0.39, 0.29) is 0 Å². The third kappa shape index (κ3) is 3.34. The molecular weight excluding hydrogens is 152 g/mol. The molecule has 68 valence electrons. The number of nitrogens with zero attached hydrogens (tertiary/aromatic N) is 1. The van der Waals surface area contributed by atoms with Crippen molar-refractivity contribution in [1.29, 1.82) is 0 Å². The van der Waals surface area contributed by atoms with Crippen LogP contribution in [-0.2, 0) is 0 Å².